The van der Waals surface area contributed by atoms with Crippen molar-refractivity contribution in [3.8, 4) is 0 Å². The highest BCUT2D eigenvalue weighted by Gasteiger charge is 2.31. The lowest BCUT2D eigenvalue weighted by Gasteiger charge is -2.10. The number of halogens is 1. The van der Waals surface area contributed by atoms with Crippen molar-refractivity contribution in [2.45, 2.75) is 37.8 Å². The summed E-state index contributed by atoms with van der Waals surface area (Å²) in [5, 5.41) is 4.14. The summed E-state index contributed by atoms with van der Waals surface area (Å²) >= 11 is 5.80. The second kappa shape index (κ2) is 2.76. The van der Waals surface area contributed by atoms with Crippen molar-refractivity contribution in [3.63, 3.8) is 0 Å². The largest absolute Gasteiger partial charge is 0.449 e. The fraction of sp³-hybridized carbons (Fsp3) is 0.600. The molecule has 13 heavy (non-hydrogen) atoms. The summed E-state index contributed by atoms with van der Waals surface area (Å²) in [6.45, 7) is 0. The molecule has 1 unspecified atom stereocenters. The summed E-state index contributed by atoms with van der Waals surface area (Å²) in [6, 6.07) is 3.22. The third-order valence-corrected chi connectivity index (χ3v) is 3.05. The Bertz CT molecular complexity index is 330. The number of rotatable bonds is 2. The van der Waals surface area contributed by atoms with Gasteiger partial charge in [0.25, 0.3) is 0 Å². The zero-order chi connectivity index (χ0) is 8.84. The van der Waals surface area contributed by atoms with E-state index in [1.54, 1.807) is 0 Å². The lowest BCUT2D eigenvalue weighted by atomic mass is 10.2. The standard InChI is InChI=1S/C10H12ClNO/c11-10-5-7-8(12-6-1-2-6)3-4-9(7)13-10/h5-6,8,12H,1-4H2. The molecule has 2 aliphatic carbocycles. The molecule has 2 aliphatic rings. The van der Waals surface area contributed by atoms with Crippen molar-refractivity contribution in [2.75, 3.05) is 0 Å². The molecule has 0 bridgehead atoms. The Morgan fingerprint density at radius 3 is 3.00 bits per heavy atom. The Morgan fingerprint density at radius 1 is 1.38 bits per heavy atom. The first-order chi connectivity index (χ1) is 6.33. The van der Waals surface area contributed by atoms with E-state index >= 15 is 0 Å². The van der Waals surface area contributed by atoms with E-state index in [9.17, 15) is 0 Å². The summed E-state index contributed by atoms with van der Waals surface area (Å²) in [5.74, 6) is 1.09. The fourth-order valence-electron chi connectivity index (χ4n) is 2.04. The van der Waals surface area contributed by atoms with E-state index < -0.39 is 0 Å². The first-order valence-corrected chi connectivity index (χ1v) is 5.25. The van der Waals surface area contributed by atoms with Crippen LogP contribution in [0.1, 0.15) is 36.6 Å². The minimum atomic E-state index is 0.499. The van der Waals surface area contributed by atoms with Gasteiger partial charge in [0.05, 0.1) is 0 Å². The fourth-order valence-corrected chi connectivity index (χ4v) is 2.25. The molecule has 0 saturated heterocycles. The Kier molecular flexibility index (Phi) is 1.67. The maximum Gasteiger partial charge on any atom is 0.193 e. The third-order valence-electron chi connectivity index (χ3n) is 2.86. The van der Waals surface area contributed by atoms with Gasteiger partial charge in [0.15, 0.2) is 5.22 Å². The van der Waals surface area contributed by atoms with Crippen LogP contribution < -0.4 is 5.32 Å². The molecule has 1 fully saturated rings. The molecule has 1 N–H and O–H groups in total. The van der Waals surface area contributed by atoms with Gasteiger partial charge in [0.2, 0.25) is 0 Å². The number of fused-ring (bicyclic) bond motifs is 1. The van der Waals surface area contributed by atoms with Gasteiger partial charge < -0.3 is 9.73 Å². The second-order valence-electron chi connectivity index (χ2n) is 3.96. The maximum absolute atomic E-state index is 5.80. The lowest BCUT2D eigenvalue weighted by molar-refractivity contribution is 0.503. The number of hydrogen-bond acceptors (Lipinski definition) is 2. The van der Waals surface area contributed by atoms with Gasteiger partial charge in [-0.05, 0) is 30.9 Å². The molecule has 70 valence electrons. The van der Waals surface area contributed by atoms with Gasteiger partial charge in [-0.1, -0.05) is 0 Å². The molecule has 0 amide bonds. The SMILES string of the molecule is Clc1cc2c(o1)CCC2NC1CC1. The quantitative estimate of drug-likeness (QED) is 0.789. The average Bonchev–Trinajstić information content (AvgIpc) is 2.73. The minimum Gasteiger partial charge on any atom is -0.449 e. The Hall–Kier alpha value is -0.470. The highest BCUT2D eigenvalue weighted by atomic mass is 35.5. The van der Waals surface area contributed by atoms with Crippen molar-refractivity contribution in [1.82, 2.24) is 5.32 Å². The minimum absolute atomic E-state index is 0.499. The van der Waals surface area contributed by atoms with Crippen LogP contribution in [0.2, 0.25) is 5.22 Å². The number of nitrogens with one attached hydrogen (secondary N) is 1. The summed E-state index contributed by atoms with van der Waals surface area (Å²) in [6.07, 6.45) is 4.86. The lowest BCUT2D eigenvalue weighted by Crippen LogP contribution is -2.20. The predicted octanol–water partition coefficient (Wildman–Crippen LogP) is 2.67. The number of aryl methyl sites for hydroxylation is 1. The van der Waals surface area contributed by atoms with Crippen LogP contribution in [0.25, 0.3) is 0 Å². The Morgan fingerprint density at radius 2 is 2.23 bits per heavy atom. The third kappa shape index (κ3) is 1.38. The van der Waals surface area contributed by atoms with Gasteiger partial charge >= 0.3 is 0 Å². The highest BCUT2D eigenvalue weighted by molar-refractivity contribution is 6.28. The molecule has 0 aromatic carbocycles. The first-order valence-electron chi connectivity index (χ1n) is 4.87. The van der Waals surface area contributed by atoms with Crippen LogP contribution in [-0.4, -0.2) is 6.04 Å². The Balaban J connectivity index is 1.83. The summed E-state index contributed by atoms with van der Waals surface area (Å²) in [5.41, 5.74) is 1.29. The molecular formula is C10H12ClNO. The van der Waals surface area contributed by atoms with Crippen LogP contribution in [0.3, 0.4) is 0 Å². The molecular weight excluding hydrogens is 186 g/mol. The molecule has 1 aromatic rings. The molecule has 3 rings (SSSR count). The number of hydrogen-bond donors (Lipinski definition) is 1. The molecule has 1 aromatic heterocycles. The van der Waals surface area contributed by atoms with Crippen LogP contribution in [0.15, 0.2) is 10.5 Å². The zero-order valence-electron chi connectivity index (χ0n) is 7.35. The van der Waals surface area contributed by atoms with Crippen molar-refractivity contribution in [2.24, 2.45) is 0 Å². The smallest absolute Gasteiger partial charge is 0.193 e. The van der Waals surface area contributed by atoms with Crippen molar-refractivity contribution >= 4 is 11.6 Å². The maximum atomic E-state index is 5.80. The van der Waals surface area contributed by atoms with E-state index in [4.69, 9.17) is 16.0 Å². The first kappa shape index (κ1) is 7.89. The van der Waals surface area contributed by atoms with Crippen molar-refractivity contribution in [3.05, 3.63) is 22.6 Å². The van der Waals surface area contributed by atoms with Crippen LogP contribution in [0, 0.1) is 0 Å². The molecule has 0 spiro atoms. The van der Waals surface area contributed by atoms with Crippen LogP contribution in [0.5, 0.6) is 0 Å². The molecule has 1 heterocycles. The summed E-state index contributed by atoms with van der Waals surface area (Å²) in [7, 11) is 0. The number of furan rings is 1. The molecule has 3 heteroatoms. The van der Waals surface area contributed by atoms with E-state index in [2.05, 4.69) is 5.32 Å². The summed E-state index contributed by atoms with van der Waals surface area (Å²) < 4.78 is 5.38. The molecule has 1 saturated carbocycles. The molecule has 2 nitrogen and oxygen atoms in total. The van der Waals surface area contributed by atoms with E-state index in [1.165, 1.54) is 24.8 Å². The Labute approximate surface area is 82.3 Å². The highest BCUT2D eigenvalue weighted by Crippen LogP contribution is 2.37. The van der Waals surface area contributed by atoms with Gasteiger partial charge in [0, 0.05) is 30.1 Å². The topological polar surface area (TPSA) is 25.2 Å². The average molecular weight is 198 g/mol. The van der Waals surface area contributed by atoms with E-state index in [-0.39, 0.29) is 0 Å². The van der Waals surface area contributed by atoms with Gasteiger partial charge in [-0.2, -0.15) is 0 Å². The van der Waals surface area contributed by atoms with Gasteiger partial charge in [-0.25, -0.2) is 0 Å². The van der Waals surface area contributed by atoms with Gasteiger partial charge in [-0.15, -0.1) is 0 Å². The van der Waals surface area contributed by atoms with Gasteiger partial charge in [0.1, 0.15) is 5.76 Å². The van der Waals surface area contributed by atoms with Crippen LogP contribution in [0.4, 0.5) is 0 Å². The van der Waals surface area contributed by atoms with Crippen molar-refractivity contribution < 1.29 is 4.42 Å². The normalized spacial score (nSPS) is 26.4. The van der Waals surface area contributed by atoms with E-state index in [0.29, 0.717) is 11.3 Å². The van der Waals surface area contributed by atoms with Crippen molar-refractivity contribution in [1.29, 1.82) is 0 Å². The van der Waals surface area contributed by atoms with Crippen LogP contribution in [-0.2, 0) is 6.42 Å². The monoisotopic (exact) mass is 197 g/mol. The van der Waals surface area contributed by atoms with E-state index in [0.717, 1.165) is 18.2 Å². The predicted molar refractivity (Wildman–Crippen MR) is 50.9 cm³/mol. The summed E-state index contributed by atoms with van der Waals surface area (Å²) in [4.78, 5) is 0. The van der Waals surface area contributed by atoms with Gasteiger partial charge in [-0.3, -0.25) is 0 Å². The second-order valence-corrected chi connectivity index (χ2v) is 4.33. The van der Waals surface area contributed by atoms with Crippen LogP contribution >= 0.6 is 11.6 Å². The molecule has 0 radical (unpaired) electrons. The zero-order valence-corrected chi connectivity index (χ0v) is 8.10. The van der Waals surface area contributed by atoms with E-state index in [1.807, 2.05) is 6.07 Å². The molecule has 0 aliphatic heterocycles. The molecule has 1 atom stereocenters.